The Labute approximate surface area is 86.9 Å². The van der Waals surface area contributed by atoms with Gasteiger partial charge in [-0.2, -0.15) is 0 Å². The number of hydrogen-bond donors (Lipinski definition) is 0. The molecule has 0 fully saturated rings. The largest absolute Gasteiger partial charge is 0.465 e. The van der Waals surface area contributed by atoms with Crippen LogP contribution >= 0.6 is 11.3 Å². The summed E-state index contributed by atoms with van der Waals surface area (Å²) in [4.78, 5) is 16.1. The number of esters is 1. The highest BCUT2D eigenvalue weighted by Crippen LogP contribution is 2.25. The SMILES string of the molecule is COC(=O)c1sc(C(C)OC)nc1C. The monoisotopic (exact) mass is 215 g/mol. The normalized spacial score (nSPS) is 12.6. The van der Waals surface area contributed by atoms with Gasteiger partial charge in [-0.3, -0.25) is 0 Å². The Bertz CT molecular complexity index is 335. The Morgan fingerprint density at radius 1 is 1.50 bits per heavy atom. The van der Waals surface area contributed by atoms with E-state index in [4.69, 9.17) is 4.74 Å². The zero-order chi connectivity index (χ0) is 10.7. The molecule has 0 amide bonds. The first kappa shape index (κ1) is 11.1. The summed E-state index contributed by atoms with van der Waals surface area (Å²) in [6.45, 7) is 3.67. The second kappa shape index (κ2) is 4.52. The fraction of sp³-hybridized carbons (Fsp3) is 0.556. The van der Waals surface area contributed by atoms with Crippen LogP contribution in [0, 0.1) is 6.92 Å². The molecular weight excluding hydrogens is 202 g/mol. The third kappa shape index (κ3) is 2.10. The molecule has 0 spiro atoms. The van der Waals surface area contributed by atoms with Crippen LogP contribution in [0.3, 0.4) is 0 Å². The number of nitrogens with zero attached hydrogens (tertiary/aromatic N) is 1. The first-order chi connectivity index (χ1) is 6.60. The molecule has 14 heavy (non-hydrogen) atoms. The second-order valence-corrected chi connectivity index (χ2v) is 3.87. The molecule has 1 aromatic rings. The van der Waals surface area contributed by atoms with Gasteiger partial charge in [0.15, 0.2) is 0 Å². The number of rotatable bonds is 3. The molecule has 0 aromatic carbocycles. The summed E-state index contributed by atoms with van der Waals surface area (Å²) in [6, 6.07) is 0. The molecule has 0 saturated carbocycles. The molecule has 1 aromatic heterocycles. The molecule has 5 heteroatoms. The fourth-order valence-electron chi connectivity index (χ4n) is 0.974. The van der Waals surface area contributed by atoms with Gasteiger partial charge in [-0.1, -0.05) is 0 Å². The summed E-state index contributed by atoms with van der Waals surface area (Å²) in [5, 5.41) is 0.797. The number of carbonyl (C=O) groups excluding carboxylic acids is 1. The summed E-state index contributed by atoms with van der Waals surface area (Å²) in [6.07, 6.45) is -0.0860. The lowest BCUT2D eigenvalue weighted by molar-refractivity contribution is 0.0605. The van der Waals surface area contributed by atoms with Crippen molar-refractivity contribution >= 4 is 17.3 Å². The van der Waals surface area contributed by atoms with Crippen LogP contribution in [0.5, 0.6) is 0 Å². The standard InChI is InChI=1S/C9H13NO3S/c1-5-7(9(11)13-4)14-8(10-5)6(2)12-3/h6H,1-4H3. The summed E-state index contributed by atoms with van der Waals surface area (Å²) >= 11 is 1.31. The topological polar surface area (TPSA) is 48.4 Å². The number of carbonyl (C=O) groups is 1. The summed E-state index contributed by atoms with van der Waals surface area (Å²) in [5.41, 5.74) is 0.695. The smallest absolute Gasteiger partial charge is 0.349 e. The van der Waals surface area contributed by atoms with Crippen LogP contribution in [0.2, 0.25) is 0 Å². The van der Waals surface area contributed by atoms with Gasteiger partial charge in [-0.05, 0) is 13.8 Å². The molecule has 4 nitrogen and oxygen atoms in total. The Kier molecular flexibility index (Phi) is 3.60. The molecule has 0 N–H and O–H groups in total. The van der Waals surface area contributed by atoms with Crippen LogP contribution in [0.25, 0.3) is 0 Å². The van der Waals surface area contributed by atoms with Gasteiger partial charge in [0.25, 0.3) is 0 Å². The van der Waals surface area contributed by atoms with Crippen molar-refractivity contribution in [2.24, 2.45) is 0 Å². The average Bonchev–Trinajstić information content (AvgIpc) is 2.58. The molecule has 1 heterocycles. The molecule has 0 bridgehead atoms. The Balaban J connectivity index is 2.98. The lowest BCUT2D eigenvalue weighted by Gasteiger charge is -2.03. The van der Waals surface area contributed by atoms with E-state index in [-0.39, 0.29) is 12.1 Å². The van der Waals surface area contributed by atoms with E-state index in [0.717, 1.165) is 5.01 Å². The average molecular weight is 215 g/mol. The maximum absolute atomic E-state index is 11.3. The van der Waals surface area contributed by atoms with E-state index in [1.165, 1.54) is 18.4 Å². The number of hydrogen-bond acceptors (Lipinski definition) is 5. The van der Waals surface area contributed by atoms with Crippen LogP contribution in [-0.2, 0) is 9.47 Å². The Morgan fingerprint density at radius 3 is 2.64 bits per heavy atom. The highest BCUT2D eigenvalue weighted by Gasteiger charge is 2.18. The van der Waals surface area contributed by atoms with Crippen molar-refractivity contribution in [3.8, 4) is 0 Å². The quantitative estimate of drug-likeness (QED) is 0.723. The number of thiazole rings is 1. The molecule has 78 valence electrons. The van der Waals surface area contributed by atoms with Gasteiger partial charge in [-0.25, -0.2) is 9.78 Å². The number of aromatic nitrogens is 1. The molecule has 0 aliphatic heterocycles. The number of methoxy groups -OCH3 is 2. The van der Waals surface area contributed by atoms with Crippen molar-refractivity contribution in [3.05, 3.63) is 15.6 Å². The second-order valence-electron chi connectivity index (χ2n) is 2.84. The summed E-state index contributed by atoms with van der Waals surface area (Å²) < 4.78 is 9.75. The fourth-order valence-corrected chi connectivity index (χ4v) is 1.99. The van der Waals surface area contributed by atoms with E-state index in [1.54, 1.807) is 14.0 Å². The van der Waals surface area contributed by atoms with Crippen LogP contribution in [0.1, 0.15) is 33.4 Å². The van der Waals surface area contributed by atoms with Gasteiger partial charge >= 0.3 is 5.97 Å². The highest BCUT2D eigenvalue weighted by molar-refractivity contribution is 7.13. The third-order valence-electron chi connectivity index (χ3n) is 1.89. The van der Waals surface area contributed by atoms with Crippen molar-refractivity contribution in [3.63, 3.8) is 0 Å². The Morgan fingerprint density at radius 2 is 2.14 bits per heavy atom. The van der Waals surface area contributed by atoms with Crippen LogP contribution in [-0.4, -0.2) is 25.2 Å². The van der Waals surface area contributed by atoms with Crippen LogP contribution < -0.4 is 0 Å². The summed E-state index contributed by atoms with van der Waals surface area (Å²) in [5.74, 6) is -0.338. The number of ether oxygens (including phenoxy) is 2. The minimum absolute atomic E-state index is 0.0860. The van der Waals surface area contributed by atoms with Crippen molar-refractivity contribution in [2.45, 2.75) is 20.0 Å². The third-order valence-corrected chi connectivity index (χ3v) is 3.18. The van der Waals surface area contributed by atoms with Gasteiger partial charge < -0.3 is 9.47 Å². The molecule has 0 saturated heterocycles. The molecule has 0 aliphatic rings. The molecular formula is C9H13NO3S. The van der Waals surface area contributed by atoms with Crippen molar-refractivity contribution < 1.29 is 14.3 Å². The van der Waals surface area contributed by atoms with Gasteiger partial charge in [0, 0.05) is 7.11 Å². The first-order valence-electron chi connectivity index (χ1n) is 4.18. The summed E-state index contributed by atoms with van der Waals surface area (Å²) in [7, 11) is 2.97. The van der Waals surface area contributed by atoms with Gasteiger partial charge in [-0.15, -0.1) is 11.3 Å². The minimum atomic E-state index is -0.338. The van der Waals surface area contributed by atoms with Gasteiger partial charge in [0.05, 0.1) is 12.8 Å². The molecule has 0 aliphatic carbocycles. The van der Waals surface area contributed by atoms with E-state index in [9.17, 15) is 4.79 Å². The Hall–Kier alpha value is -0.940. The van der Waals surface area contributed by atoms with Crippen molar-refractivity contribution in [2.75, 3.05) is 14.2 Å². The van der Waals surface area contributed by atoms with Gasteiger partial charge in [0.1, 0.15) is 16.0 Å². The molecule has 1 rings (SSSR count). The first-order valence-corrected chi connectivity index (χ1v) is 5.00. The van der Waals surface area contributed by atoms with Crippen molar-refractivity contribution in [1.82, 2.24) is 4.98 Å². The maximum atomic E-state index is 11.3. The molecule has 1 unspecified atom stereocenters. The number of aryl methyl sites for hydroxylation is 1. The van der Waals surface area contributed by atoms with E-state index >= 15 is 0 Å². The zero-order valence-electron chi connectivity index (χ0n) is 8.66. The van der Waals surface area contributed by atoms with Crippen LogP contribution in [0.15, 0.2) is 0 Å². The lowest BCUT2D eigenvalue weighted by Crippen LogP contribution is -1.99. The maximum Gasteiger partial charge on any atom is 0.349 e. The predicted octanol–water partition coefficient (Wildman–Crippen LogP) is 1.95. The van der Waals surface area contributed by atoms with E-state index in [2.05, 4.69) is 9.72 Å². The van der Waals surface area contributed by atoms with E-state index in [0.29, 0.717) is 10.6 Å². The molecule has 0 radical (unpaired) electrons. The minimum Gasteiger partial charge on any atom is -0.465 e. The highest BCUT2D eigenvalue weighted by atomic mass is 32.1. The predicted molar refractivity (Wildman–Crippen MR) is 53.6 cm³/mol. The van der Waals surface area contributed by atoms with Crippen LogP contribution in [0.4, 0.5) is 0 Å². The lowest BCUT2D eigenvalue weighted by atomic mass is 10.4. The van der Waals surface area contributed by atoms with Crippen molar-refractivity contribution in [1.29, 1.82) is 0 Å². The van der Waals surface area contributed by atoms with Gasteiger partial charge in [0.2, 0.25) is 0 Å². The molecule has 1 atom stereocenters. The van der Waals surface area contributed by atoms with E-state index in [1.807, 2.05) is 6.92 Å². The zero-order valence-corrected chi connectivity index (χ0v) is 9.47. The van der Waals surface area contributed by atoms with E-state index < -0.39 is 0 Å².